The molecule has 100 valence electrons. The van der Waals surface area contributed by atoms with Gasteiger partial charge in [-0.15, -0.1) is 0 Å². The van der Waals surface area contributed by atoms with Gasteiger partial charge in [0, 0.05) is 17.7 Å². The van der Waals surface area contributed by atoms with E-state index < -0.39 is 0 Å². The second-order valence-corrected chi connectivity index (χ2v) is 4.70. The van der Waals surface area contributed by atoms with Crippen LogP contribution in [0.2, 0.25) is 0 Å². The maximum atomic E-state index is 13.2. The zero-order chi connectivity index (χ0) is 13.2. The fraction of sp³-hybridized carbons (Fsp3) is 0.357. The summed E-state index contributed by atoms with van der Waals surface area (Å²) in [7, 11) is 1.57. The molecule has 0 amide bonds. The van der Waals surface area contributed by atoms with Crippen molar-refractivity contribution in [2.45, 2.75) is 25.3 Å². The minimum absolute atomic E-state index is 0.278. The van der Waals surface area contributed by atoms with Crippen LogP contribution in [0, 0.1) is 5.82 Å². The SMILES string of the molecule is COc1ccc(F)cc1CNc1nocc1C1CC1. The van der Waals surface area contributed by atoms with Crippen LogP contribution >= 0.6 is 0 Å². The number of benzene rings is 1. The predicted octanol–water partition coefficient (Wildman–Crippen LogP) is 3.31. The van der Waals surface area contributed by atoms with E-state index >= 15 is 0 Å². The summed E-state index contributed by atoms with van der Waals surface area (Å²) in [6.45, 7) is 0.452. The van der Waals surface area contributed by atoms with Crippen molar-refractivity contribution in [2.75, 3.05) is 12.4 Å². The van der Waals surface area contributed by atoms with Gasteiger partial charge >= 0.3 is 0 Å². The van der Waals surface area contributed by atoms with Gasteiger partial charge in [-0.05, 0) is 37.0 Å². The van der Waals surface area contributed by atoms with Crippen molar-refractivity contribution in [1.29, 1.82) is 0 Å². The highest BCUT2D eigenvalue weighted by Crippen LogP contribution is 2.43. The third-order valence-corrected chi connectivity index (χ3v) is 3.30. The fourth-order valence-electron chi connectivity index (χ4n) is 2.13. The molecule has 0 radical (unpaired) electrons. The highest BCUT2D eigenvalue weighted by Gasteiger charge is 2.28. The van der Waals surface area contributed by atoms with Gasteiger partial charge < -0.3 is 14.6 Å². The lowest BCUT2D eigenvalue weighted by Crippen LogP contribution is -2.04. The van der Waals surface area contributed by atoms with E-state index in [1.54, 1.807) is 19.4 Å². The molecule has 1 aliphatic rings. The van der Waals surface area contributed by atoms with Crippen molar-refractivity contribution in [1.82, 2.24) is 5.16 Å². The average Bonchev–Trinajstić information content (AvgIpc) is 3.15. The number of halogens is 1. The number of hydrogen-bond donors (Lipinski definition) is 1. The van der Waals surface area contributed by atoms with Gasteiger partial charge in [-0.3, -0.25) is 0 Å². The Hall–Kier alpha value is -2.04. The summed E-state index contributed by atoms with van der Waals surface area (Å²) in [5.74, 6) is 1.68. The number of nitrogens with zero attached hydrogens (tertiary/aromatic N) is 1. The Morgan fingerprint density at radius 3 is 3.05 bits per heavy atom. The van der Waals surface area contributed by atoms with Gasteiger partial charge in [0.1, 0.15) is 17.8 Å². The van der Waals surface area contributed by atoms with E-state index in [0.717, 1.165) is 16.9 Å². The molecule has 4 nitrogen and oxygen atoms in total. The van der Waals surface area contributed by atoms with Crippen molar-refractivity contribution in [2.24, 2.45) is 0 Å². The molecule has 0 spiro atoms. The van der Waals surface area contributed by atoms with Gasteiger partial charge in [-0.1, -0.05) is 5.16 Å². The second kappa shape index (κ2) is 4.91. The maximum absolute atomic E-state index is 13.2. The molecule has 1 N–H and O–H groups in total. The molecule has 0 aliphatic heterocycles. The molecule has 3 rings (SSSR count). The lowest BCUT2D eigenvalue weighted by molar-refractivity contribution is 0.408. The minimum Gasteiger partial charge on any atom is -0.496 e. The number of hydrogen-bond acceptors (Lipinski definition) is 4. The molecular formula is C14H15FN2O2. The van der Waals surface area contributed by atoms with Crippen LogP contribution in [0.15, 0.2) is 29.0 Å². The summed E-state index contributed by atoms with van der Waals surface area (Å²) < 4.78 is 23.5. The fourth-order valence-corrected chi connectivity index (χ4v) is 2.13. The zero-order valence-corrected chi connectivity index (χ0v) is 10.6. The van der Waals surface area contributed by atoms with E-state index in [9.17, 15) is 4.39 Å². The molecular weight excluding hydrogens is 247 g/mol. The molecule has 0 atom stereocenters. The van der Waals surface area contributed by atoms with E-state index in [4.69, 9.17) is 9.26 Å². The molecule has 0 bridgehead atoms. The van der Waals surface area contributed by atoms with Gasteiger partial charge in [0.15, 0.2) is 5.82 Å². The van der Waals surface area contributed by atoms with Gasteiger partial charge in [0.25, 0.3) is 0 Å². The number of methoxy groups -OCH3 is 1. The summed E-state index contributed by atoms with van der Waals surface area (Å²) in [4.78, 5) is 0. The molecule has 0 unspecified atom stereocenters. The average molecular weight is 262 g/mol. The van der Waals surface area contributed by atoms with E-state index in [0.29, 0.717) is 18.2 Å². The quantitative estimate of drug-likeness (QED) is 0.898. The number of rotatable bonds is 5. The van der Waals surface area contributed by atoms with Crippen molar-refractivity contribution in [3.63, 3.8) is 0 Å². The first kappa shape index (κ1) is 12.0. The summed E-state index contributed by atoms with van der Waals surface area (Å²) in [6, 6.07) is 4.47. The Bertz CT molecular complexity index is 579. The highest BCUT2D eigenvalue weighted by molar-refractivity contribution is 5.47. The molecule has 19 heavy (non-hydrogen) atoms. The molecule has 0 saturated heterocycles. The Morgan fingerprint density at radius 1 is 1.47 bits per heavy atom. The van der Waals surface area contributed by atoms with Crippen LogP contribution < -0.4 is 10.1 Å². The normalized spacial score (nSPS) is 14.4. The van der Waals surface area contributed by atoms with Crippen LogP contribution in [0.1, 0.15) is 29.9 Å². The van der Waals surface area contributed by atoms with E-state index in [1.165, 1.54) is 25.0 Å². The first-order valence-corrected chi connectivity index (χ1v) is 6.28. The number of nitrogens with one attached hydrogen (secondary N) is 1. The zero-order valence-electron chi connectivity index (χ0n) is 10.6. The third kappa shape index (κ3) is 2.54. The monoisotopic (exact) mass is 262 g/mol. The number of anilines is 1. The molecule has 2 aromatic rings. The van der Waals surface area contributed by atoms with Crippen molar-refractivity contribution in [3.05, 3.63) is 41.4 Å². The second-order valence-electron chi connectivity index (χ2n) is 4.70. The maximum Gasteiger partial charge on any atom is 0.173 e. The summed E-state index contributed by atoms with van der Waals surface area (Å²) >= 11 is 0. The van der Waals surface area contributed by atoms with Crippen molar-refractivity contribution < 1.29 is 13.7 Å². The van der Waals surface area contributed by atoms with Gasteiger partial charge in [0.05, 0.1) is 7.11 Å². The van der Waals surface area contributed by atoms with Crippen LogP contribution in [0.25, 0.3) is 0 Å². The molecule has 1 saturated carbocycles. The Morgan fingerprint density at radius 2 is 2.32 bits per heavy atom. The molecule has 1 aromatic heterocycles. The first-order valence-electron chi connectivity index (χ1n) is 6.28. The standard InChI is InChI=1S/C14H15FN2O2/c1-18-13-5-4-11(15)6-10(13)7-16-14-12(8-19-17-14)9-2-3-9/h4-6,8-9H,2-3,7H2,1H3,(H,16,17). The van der Waals surface area contributed by atoms with Crippen LogP contribution in [0.5, 0.6) is 5.75 Å². The molecule has 1 aromatic carbocycles. The van der Waals surface area contributed by atoms with E-state index in [2.05, 4.69) is 10.5 Å². The summed E-state index contributed by atoms with van der Waals surface area (Å²) in [6.07, 6.45) is 4.04. The van der Waals surface area contributed by atoms with Gasteiger partial charge in [-0.25, -0.2) is 4.39 Å². The predicted molar refractivity (Wildman–Crippen MR) is 68.8 cm³/mol. The lowest BCUT2D eigenvalue weighted by Gasteiger charge is -2.09. The Kier molecular flexibility index (Phi) is 3.11. The van der Waals surface area contributed by atoms with Gasteiger partial charge in [0.2, 0.25) is 0 Å². The topological polar surface area (TPSA) is 47.3 Å². The lowest BCUT2D eigenvalue weighted by atomic mass is 10.2. The highest BCUT2D eigenvalue weighted by atomic mass is 19.1. The van der Waals surface area contributed by atoms with Crippen molar-refractivity contribution >= 4 is 5.82 Å². The molecule has 1 heterocycles. The molecule has 1 fully saturated rings. The van der Waals surface area contributed by atoms with E-state index in [1.807, 2.05) is 0 Å². The smallest absolute Gasteiger partial charge is 0.173 e. The number of ether oxygens (including phenoxy) is 1. The van der Waals surface area contributed by atoms with Crippen LogP contribution in [-0.4, -0.2) is 12.3 Å². The van der Waals surface area contributed by atoms with Gasteiger partial charge in [-0.2, -0.15) is 0 Å². The third-order valence-electron chi connectivity index (χ3n) is 3.30. The van der Waals surface area contributed by atoms with Crippen LogP contribution in [-0.2, 0) is 6.54 Å². The van der Waals surface area contributed by atoms with E-state index in [-0.39, 0.29) is 5.82 Å². The van der Waals surface area contributed by atoms with Crippen LogP contribution in [0.4, 0.5) is 10.2 Å². The number of aromatic nitrogens is 1. The first-order chi connectivity index (χ1) is 9.28. The molecule has 1 aliphatic carbocycles. The minimum atomic E-state index is -0.278. The Labute approximate surface area is 110 Å². The summed E-state index contributed by atoms with van der Waals surface area (Å²) in [5.41, 5.74) is 1.86. The Balaban J connectivity index is 1.74. The largest absolute Gasteiger partial charge is 0.496 e. The molecule has 5 heteroatoms. The van der Waals surface area contributed by atoms with Crippen molar-refractivity contribution in [3.8, 4) is 5.75 Å². The summed E-state index contributed by atoms with van der Waals surface area (Å²) in [5, 5.41) is 7.13. The van der Waals surface area contributed by atoms with Crippen LogP contribution in [0.3, 0.4) is 0 Å².